The third-order valence-electron chi connectivity index (χ3n) is 4.41. The van der Waals surface area contributed by atoms with Crippen LogP contribution >= 0.6 is 0 Å². The Morgan fingerprint density at radius 3 is 2.29 bits per heavy atom. The van der Waals surface area contributed by atoms with Gasteiger partial charge < -0.3 is 19.9 Å². The summed E-state index contributed by atoms with van der Waals surface area (Å²) in [7, 11) is 1.32. The number of methoxy groups -OCH3 is 1. The number of rotatable bonds is 10. The second-order valence-corrected chi connectivity index (χ2v) is 6.46. The van der Waals surface area contributed by atoms with Crippen molar-refractivity contribution in [3.05, 3.63) is 71.8 Å². The zero-order valence-electron chi connectivity index (χ0n) is 16.0. The maximum absolute atomic E-state index is 12.1. The molecule has 2 aromatic rings. The van der Waals surface area contributed by atoms with Crippen LogP contribution in [0.25, 0.3) is 0 Å². The van der Waals surface area contributed by atoms with Gasteiger partial charge in [0.1, 0.15) is 12.5 Å². The smallest absolute Gasteiger partial charge is 0.407 e. The Hall–Kier alpha value is -2.86. The number of esters is 1. The van der Waals surface area contributed by atoms with Crippen molar-refractivity contribution in [2.45, 2.75) is 37.9 Å². The molecule has 1 amide bonds. The summed E-state index contributed by atoms with van der Waals surface area (Å²) < 4.78 is 9.97. The fourth-order valence-corrected chi connectivity index (χ4v) is 2.91. The van der Waals surface area contributed by atoms with Gasteiger partial charge in [-0.25, -0.2) is 4.79 Å². The third-order valence-corrected chi connectivity index (χ3v) is 4.41. The molecule has 150 valence electrons. The fourth-order valence-electron chi connectivity index (χ4n) is 2.91. The van der Waals surface area contributed by atoms with Gasteiger partial charge in [-0.2, -0.15) is 0 Å². The van der Waals surface area contributed by atoms with Gasteiger partial charge in [-0.15, -0.1) is 0 Å². The lowest BCUT2D eigenvalue weighted by Crippen LogP contribution is -2.28. The number of hydrogen-bond acceptors (Lipinski definition) is 5. The van der Waals surface area contributed by atoms with Gasteiger partial charge in [-0.3, -0.25) is 4.79 Å². The van der Waals surface area contributed by atoms with Crippen LogP contribution in [0.1, 0.15) is 36.3 Å². The van der Waals surface area contributed by atoms with E-state index in [4.69, 9.17) is 9.47 Å². The number of ether oxygens (including phenoxy) is 2. The Kier molecular flexibility index (Phi) is 9.01. The van der Waals surface area contributed by atoms with Crippen molar-refractivity contribution >= 4 is 12.1 Å². The topological polar surface area (TPSA) is 84.9 Å². The van der Waals surface area contributed by atoms with Gasteiger partial charge in [-0.05, 0) is 30.4 Å². The van der Waals surface area contributed by atoms with Crippen molar-refractivity contribution in [3.8, 4) is 0 Å². The highest BCUT2D eigenvalue weighted by molar-refractivity contribution is 5.78. The number of carbonyl (C=O) groups is 2. The molecule has 28 heavy (non-hydrogen) atoms. The van der Waals surface area contributed by atoms with Gasteiger partial charge in [0.05, 0.1) is 13.2 Å². The number of aliphatic hydroxyl groups is 1. The molecule has 0 aliphatic heterocycles. The molecule has 2 N–H and O–H groups in total. The molecular weight excluding hydrogens is 358 g/mol. The Balaban J connectivity index is 1.68. The molecule has 0 spiro atoms. The van der Waals surface area contributed by atoms with E-state index in [0.29, 0.717) is 25.8 Å². The second-order valence-electron chi connectivity index (χ2n) is 6.46. The van der Waals surface area contributed by atoms with E-state index in [-0.39, 0.29) is 6.61 Å². The first-order valence-corrected chi connectivity index (χ1v) is 9.37. The van der Waals surface area contributed by atoms with Gasteiger partial charge in [0, 0.05) is 6.54 Å². The van der Waals surface area contributed by atoms with Crippen LogP contribution in [0.15, 0.2) is 60.7 Å². The van der Waals surface area contributed by atoms with Crippen molar-refractivity contribution in [2.24, 2.45) is 0 Å². The minimum Gasteiger partial charge on any atom is -0.468 e. The van der Waals surface area contributed by atoms with Crippen LogP contribution in [0.5, 0.6) is 0 Å². The molecule has 2 rings (SSSR count). The van der Waals surface area contributed by atoms with Gasteiger partial charge in [0.15, 0.2) is 0 Å². The van der Waals surface area contributed by atoms with Crippen molar-refractivity contribution in [3.63, 3.8) is 0 Å². The summed E-state index contributed by atoms with van der Waals surface area (Å²) in [5, 5.41) is 13.2. The average Bonchev–Trinajstić information content (AvgIpc) is 2.73. The minimum atomic E-state index is -0.847. The van der Waals surface area contributed by atoms with Crippen LogP contribution in [0, 0.1) is 0 Å². The van der Waals surface area contributed by atoms with Crippen LogP contribution in [-0.4, -0.2) is 36.9 Å². The van der Waals surface area contributed by atoms with E-state index in [1.165, 1.54) is 7.11 Å². The Morgan fingerprint density at radius 1 is 1.00 bits per heavy atom. The van der Waals surface area contributed by atoms with Crippen LogP contribution in [0.3, 0.4) is 0 Å². The minimum absolute atomic E-state index is 0.225. The highest BCUT2D eigenvalue weighted by Gasteiger charge is 2.28. The van der Waals surface area contributed by atoms with E-state index in [9.17, 15) is 14.7 Å². The molecule has 0 aliphatic carbocycles. The molecule has 0 aliphatic rings. The van der Waals surface area contributed by atoms with Crippen LogP contribution in [0.2, 0.25) is 0 Å². The van der Waals surface area contributed by atoms with Crippen molar-refractivity contribution in [1.29, 1.82) is 0 Å². The van der Waals surface area contributed by atoms with Crippen LogP contribution in [0.4, 0.5) is 4.79 Å². The van der Waals surface area contributed by atoms with Gasteiger partial charge in [0.2, 0.25) is 0 Å². The summed E-state index contributed by atoms with van der Waals surface area (Å²) in [6.07, 6.45) is 0.428. The molecule has 0 radical (unpaired) electrons. The number of hydrogen-bond donors (Lipinski definition) is 2. The van der Waals surface area contributed by atoms with E-state index < -0.39 is 24.1 Å². The molecule has 2 unspecified atom stereocenters. The van der Waals surface area contributed by atoms with Crippen molar-refractivity contribution in [1.82, 2.24) is 5.32 Å². The standard InChI is InChI=1S/C22H27NO5/c1-27-21(25)20(18-12-6-3-7-13-18)19(24)14-8-9-15-23-22(26)28-16-17-10-4-2-5-11-17/h2-7,10-13,19-20,24H,8-9,14-16H2,1H3,(H,23,26). The summed E-state index contributed by atoms with van der Waals surface area (Å²) in [5.74, 6) is -1.17. The number of nitrogens with one attached hydrogen (secondary N) is 1. The molecule has 0 aromatic heterocycles. The average molecular weight is 385 g/mol. The number of carbonyl (C=O) groups excluding carboxylic acids is 2. The molecular formula is C22H27NO5. The Labute approximate surface area is 165 Å². The molecule has 0 fully saturated rings. The summed E-state index contributed by atoms with van der Waals surface area (Å²) in [5.41, 5.74) is 1.65. The predicted molar refractivity (Wildman–Crippen MR) is 106 cm³/mol. The molecule has 0 saturated heterocycles. The largest absolute Gasteiger partial charge is 0.468 e. The lowest BCUT2D eigenvalue weighted by Gasteiger charge is -2.21. The lowest BCUT2D eigenvalue weighted by molar-refractivity contribution is -0.145. The zero-order chi connectivity index (χ0) is 20.2. The zero-order valence-corrected chi connectivity index (χ0v) is 16.0. The van der Waals surface area contributed by atoms with Crippen molar-refractivity contribution in [2.75, 3.05) is 13.7 Å². The predicted octanol–water partition coefficient (Wildman–Crippen LogP) is 3.40. The first-order valence-electron chi connectivity index (χ1n) is 9.37. The summed E-state index contributed by atoms with van der Waals surface area (Å²) >= 11 is 0. The summed E-state index contributed by atoms with van der Waals surface area (Å²) in [4.78, 5) is 23.8. The third kappa shape index (κ3) is 7.04. The lowest BCUT2D eigenvalue weighted by atomic mass is 9.90. The Morgan fingerprint density at radius 2 is 1.64 bits per heavy atom. The summed E-state index contributed by atoms with van der Waals surface area (Å²) in [6, 6.07) is 18.6. The Bertz CT molecular complexity index is 720. The highest BCUT2D eigenvalue weighted by atomic mass is 16.5. The number of amides is 1. The SMILES string of the molecule is COC(=O)C(c1ccccc1)C(O)CCCCNC(=O)OCc1ccccc1. The molecule has 2 aromatic carbocycles. The van der Waals surface area contributed by atoms with Gasteiger partial charge in [-0.1, -0.05) is 60.7 Å². The molecule has 0 saturated carbocycles. The van der Waals surface area contributed by atoms with Crippen LogP contribution in [-0.2, 0) is 20.9 Å². The van der Waals surface area contributed by atoms with Crippen molar-refractivity contribution < 1.29 is 24.2 Å². The summed E-state index contributed by atoms with van der Waals surface area (Å²) in [6.45, 7) is 0.665. The molecule has 2 atom stereocenters. The van der Waals surface area contributed by atoms with Crippen LogP contribution < -0.4 is 5.32 Å². The van der Waals surface area contributed by atoms with E-state index in [1.807, 2.05) is 48.5 Å². The molecule has 6 nitrogen and oxygen atoms in total. The quantitative estimate of drug-likeness (QED) is 0.484. The first-order chi connectivity index (χ1) is 13.6. The number of benzene rings is 2. The van der Waals surface area contributed by atoms with E-state index >= 15 is 0 Å². The molecule has 6 heteroatoms. The number of alkyl carbamates (subject to hydrolysis) is 1. The van der Waals surface area contributed by atoms with E-state index in [2.05, 4.69) is 5.32 Å². The van der Waals surface area contributed by atoms with E-state index in [1.54, 1.807) is 12.1 Å². The molecule has 0 heterocycles. The number of unbranched alkanes of at least 4 members (excludes halogenated alkanes) is 1. The maximum Gasteiger partial charge on any atom is 0.407 e. The van der Waals surface area contributed by atoms with E-state index in [0.717, 1.165) is 11.1 Å². The van der Waals surface area contributed by atoms with Gasteiger partial charge >= 0.3 is 12.1 Å². The molecule has 0 bridgehead atoms. The second kappa shape index (κ2) is 11.8. The van der Waals surface area contributed by atoms with Gasteiger partial charge in [0.25, 0.3) is 0 Å². The first kappa shape index (κ1) is 21.4. The maximum atomic E-state index is 12.1. The monoisotopic (exact) mass is 385 g/mol. The fraction of sp³-hybridized carbons (Fsp3) is 0.364. The number of aliphatic hydroxyl groups excluding tert-OH is 1. The normalized spacial score (nSPS) is 12.6. The highest BCUT2D eigenvalue weighted by Crippen LogP contribution is 2.24.